The van der Waals surface area contributed by atoms with Crippen molar-refractivity contribution in [2.45, 2.75) is 11.8 Å². The van der Waals surface area contributed by atoms with E-state index < -0.39 is 0 Å². The fourth-order valence-electron chi connectivity index (χ4n) is 1.36. The number of benzene rings is 1. The van der Waals surface area contributed by atoms with Gasteiger partial charge in [-0.15, -0.1) is 24.0 Å². The maximum atomic E-state index is 10.6. The van der Waals surface area contributed by atoms with Gasteiger partial charge in [-0.05, 0) is 30.0 Å². The Labute approximate surface area is 85.8 Å². The van der Waals surface area contributed by atoms with Crippen molar-refractivity contribution in [1.29, 1.82) is 0 Å². The smallest absolute Gasteiger partial charge is 0.160 e. The number of rotatable bonds is 1. The SMILES string of the molecule is Cc1cc(S)c2sc(C=O)cc2c1. The summed E-state index contributed by atoms with van der Waals surface area (Å²) in [5.74, 6) is 0. The summed E-state index contributed by atoms with van der Waals surface area (Å²) >= 11 is 5.85. The lowest BCUT2D eigenvalue weighted by atomic mass is 10.2. The number of aryl methyl sites for hydroxylation is 1. The van der Waals surface area contributed by atoms with Crippen molar-refractivity contribution in [3.63, 3.8) is 0 Å². The van der Waals surface area contributed by atoms with E-state index in [1.165, 1.54) is 16.9 Å². The molecular formula is C10H8OS2. The van der Waals surface area contributed by atoms with Crippen LogP contribution in [0.15, 0.2) is 23.1 Å². The fourth-order valence-corrected chi connectivity index (χ4v) is 2.70. The molecule has 1 aromatic carbocycles. The predicted octanol–water partition coefficient (Wildman–Crippen LogP) is 3.31. The highest BCUT2D eigenvalue weighted by Gasteiger charge is 2.04. The van der Waals surface area contributed by atoms with Gasteiger partial charge < -0.3 is 0 Å². The van der Waals surface area contributed by atoms with Gasteiger partial charge in [-0.2, -0.15) is 0 Å². The third-order valence-corrected chi connectivity index (χ3v) is 3.49. The Kier molecular flexibility index (Phi) is 2.14. The Morgan fingerprint density at radius 2 is 2.15 bits per heavy atom. The van der Waals surface area contributed by atoms with Crippen molar-refractivity contribution >= 4 is 40.3 Å². The molecule has 0 amide bonds. The molecule has 0 aliphatic heterocycles. The summed E-state index contributed by atoms with van der Waals surface area (Å²) in [6.45, 7) is 2.03. The zero-order valence-corrected chi connectivity index (χ0v) is 8.78. The van der Waals surface area contributed by atoms with Gasteiger partial charge in [0.15, 0.2) is 6.29 Å². The number of aldehydes is 1. The van der Waals surface area contributed by atoms with Gasteiger partial charge in [0, 0.05) is 9.60 Å². The van der Waals surface area contributed by atoms with E-state index >= 15 is 0 Å². The first-order valence-electron chi connectivity index (χ1n) is 3.89. The predicted molar refractivity (Wildman–Crippen MR) is 59.2 cm³/mol. The topological polar surface area (TPSA) is 17.1 Å². The molecule has 0 saturated heterocycles. The summed E-state index contributed by atoms with van der Waals surface area (Å²) in [6, 6.07) is 5.98. The van der Waals surface area contributed by atoms with Crippen molar-refractivity contribution in [2.75, 3.05) is 0 Å². The lowest BCUT2D eigenvalue weighted by Crippen LogP contribution is -1.72. The fraction of sp³-hybridized carbons (Fsp3) is 0.100. The van der Waals surface area contributed by atoms with E-state index in [1.807, 2.05) is 19.1 Å². The van der Waals surface area contributed by atoms with Crippen LogP contribution in [0.4, 0.5) is 0 Å². The molecule has 0 fully saturated rings. The molecule has 1 nitrogen and oxygen atoms in total. The number of hydrogen-bond acceptors (Lipinski definition) is 3. The van der Waals surface area contributed by atoms with Crippen molar-refractivity contribution < 1.29 is 4.79 Å². The normalized spacial score (nSPS) is 10.6. The van der Waals surface area contributed by atoms with Gasteiger partial charge in [0.05, 0.1) is 4.88 Å². The van der Waals surface area contributed by atoms with E-state index in [0.29, 0.717) is 0 Å². The van der Waals surface area contributed by atoms with Crippen LogP contribution in [0.5, 0.6) is 0 Å². The van der Waals surface area contributed by atoms with Gasteiger partial charge in [-0.3, -0.25) is 4.79 Å². The average Bonchev–Trinajstić information content (AvgIpc) is 2.47. The molecule has 0 N–H and O–H groups in total. The van der Waals surface area contributed by atoms with Gasteiger partial charge >= 0.3 is 0 Å². The van der Waals surface area contributed by atoms with Gasteiger partial charge in [0.2, 0.25) is 0 Å². The van der Waals surface area contributed by atoms with Crippen LogP contribution in [-0.2, 0) is 0 Å². The van der Waals surface area contributed by atoms with Crippen LogP contribution in [-0.4, -0.2) is 6.29 Å². The lowest BCUT2D eigenvalue weighted by Gasteiger charge is -1.96. The van der Waals surface area contributed by atoms with E-state index in [1.54, 1.807) is 0 Å². The molecule has 2 rings (SSSR count). The number of hydrogen-bond donors (Lipinski definition) is 1. The Bertz CT molecular complexity index is 471. The van der Waals surface area contributed by atoms with Crippen LogP contribution in [0, 0.1) is 6.92 Å². The highest BCUT2D eigenvalue weighted by atomic mass is 32.1. The van der Waals surface area contributed by atoms with Crippen molar-refractivity contribution in [3.05, 3.63) is 28.6 Å². The number of carbonyl (C=O) groups excluding carboxylic acids is 1. The van der Waals surface area contributed by atoms with Crippen LogP contribution in [0.25, 0.3) is 10.1 Å². The molecule has 0 bridgehead atoms. The van der Waals surface area contributed by atoms with Crippen molar-refractivity contribution in [2.24, 2.45) is 0 Å². The molecule has 66 valence electrons. The average molecular weight is 208 g/mol. The van der Waals surface area contributed by atoms with E-state index in [9.17, 15) is 4.79 Å². The van der Waals surface area contributed by atoms with E-state index in [0.717, 1.165) is 26.1 Å². The molecule has 0 saturated carbocycles. The molecule has 2 aromatic rings. The van der Waals surface area contributed by atoms with Gasteiger partial charge in [-0.25, -0.2) is 0 Å². The first-order chi connectivity index (χ1) is 6.20. The van der Waals surface area contributed by atoms with Crippen LogP contribution in [0.1, 0.15) is 15.2 Å². The quantitative estimate of drug-likeness (QED) is 0.562. The zero-order chi connectivity index (χ0) is 9.42. The van der Waals surface area contributed by atoms with E-state index in [4.69, 9.17) is 0 Å². The highest BCUT2D eigenvalue weighted by Crippen LogP contribution is 2.31. The summed E-state index contributed by atoms with van der Waals surface area (Å²) in [6.07, 6.45) is 0.882. The minimum absolute atomic E-state index is 0.760. The molecule has 0 unspecified atom stereocenters. The third kappa shape index (κ3) is 1.49. The molecule has 0 radical (unpaired) electrons. The first kappa shape index (κ1) is 8.78. The summed E-state index contributed by atoms with van der Waals surface area (Å²) in [5.41, 5.74) is 1.17. The Balaban J connectivity index is 2.82. The lowest BCUT2D eigenvalue weighted by molar-refractivity contribution is 0.112. The van der Waals surface area contributed by atoms with E-state index in [2.05, 4.69) is 18.7 Å². The second-order valence-corrected chi connectivity index (χ2v) is 4.53. The van der Waals surface area contributed by atoms with E-state index in [-0.39, 0.29) is 0 Å². The maximum absolute atomic E-state index is 10.6. The number of thiol groups is 1. The van der Waals surface area contributed by atoms with Crippen LogP contribution < -0.4 is 0 Å². The summed E-state index contributed by atoms with van der Waals surface area (Å²) < 4.78 is 1.09. The number of thiophene rings is 1. The Hall–Kier alpha value is -0.800. The summed E-state index contributed by atoms with van der Waals surface area (Å²) in [4.78, 5) is 12.3. The first-order valence-corrected chi connectivity index (χ1v) is 5.15. The molecular weight excluding hydrogens is 200 g/mol. The maximum Gasteiger partial charge on any atom is 0.160 e. The third-order valence-electron chi connectivity index (χ3n) is 1.88. The molecule has 1 heterocycles. The largest absolute Gasteiger partial charge is 0.297 e. The summed E-state index contributed by atoms with van der Waals surface area (Å²) in [5, 5.41) is 1.11. The van der Waals surface area contributed by atoms with Crippen molar-refractivity contribution in [1.82, 2.24) is 0 Å². The molecule has 1 aromatic heterocycles. The molecule has 0 atom stereocenters. The highest BCUT2D eigenvalue weighted by molar-refractivity contribution is 7.80. The van der Waals surface area contributed by atoms with Crippen LogP contribution >= 0.6 is 24.0 Å². The Morgan fingerprint density at radius 1 is 1.38 bits per heavy atom. The Morgan fingerprint density at radius 3 is 2.85 bits per heavy atom. The monoisotopic (exact) mass is 208 g/mol. The summed E-state index contributed by atoms with van der Waals surface area (Å²) in [7, 11) is 0. The van der Waals surface area contributed by atoms with Gasteiger partial charge in [0.1, 0.15) is 0 Å². The minimum Gasteiger partial charge on any atom is -0.297 e. The van der Waals surface area contributed by atoms with Crippen LogP contribution in [0.3, 0.4) is 0 Å². The second-order valence-electron chi connectivity index (χ2n) is 2.97. The molecule has 0 aliphatic carbocycles. The molecule has 0 spiro atoms. The second kappa shape index (κ2) is 3.16. The molecule has 13 heavy (non-hydrogen) atoms. The van der Waals surface area contributed by atoms with Gasteiger partial charge in [0.25, 0.3) is 0 Å². The van der Waals surface area contributed by atoms with Gasteiger partial charge in [-0.1, -0.05) is 6.07 Å². The molecule has 3 heteroatoms. The zero-order valence-electron chi connectivity index (χ0n) is 7.07. The standard InChI is InChI=1S/C10H8OS2/c1-6-2-7-4-8(5-11)13-10(7)9(12)3-6/h2-5,12H,1H3. The number of carbonyl (C=O) groups is 1. The number of fused-ring (bicyclic) bond motifs is 1. The van der Waals surface area contributed by atoms with Crippen molar-refractivity contribution in [3.8, 4) is 0 Å². The molecule has 0 aliphatic rings. The van der Waals surface area contributed by atoms with Crippen LogP contribution in [0.2, 0.25) is 0 Å². The minimum atomic E-state index is 0.760.